The number of phenolic OH excluding ortho intramolecular Hbond substituents is 1. The fourth-order valence-electron chi connectivity index (χ4n) is 2.00. The third-order valence-electron chi connectivity index (χ3n) is 3.09. The number of aromatic hydroxyl groups is 1. The van der Waals surface area contributed by atoms with Gasteiger partial charge in [0, 0.05) is 6.04 Å². The highest BCUT2D eigenvalue weighted by Gasteiger charge is 2.09. The van der Waals surface area contributed by atoms with Crippen LogP contribution < -0.4 is 5.32 Å². The van der Waals surface area contributed by atoms with Gasteiger partial charge in [0.05, 0.1) is 0 Å². The monoisotopic (exact) mass is 221 g/mol. The molecule has 0 aromatic heterocycles. The summed E-state index contributed by atoms with van der Waals surface area (Å²) in [5, 5.41) is 12.5. The molecule has 2 heteroatoms. The van der Waals surface area contributed by atoms with E-state index < -0.39 is 0 Å². The van der Waals surface area contributed by atoms with Crippen LogP contribution in [0.5, 0.6) is 5.75 Å². The van der Waals surface area contributed by atoms with Crippen LogP contribution in [0.15, 0.2) is 24.3 Å². The van der Waals surface area contributed by atoms with Crippen molar-refractivity contribution in [3.8, 4) is 5.75 Å². The van der Waals surface area contributed by atoms with Crippen LogP contribution in [0.3, 0.4) is 0 Å². The van der Waals surface area contributed by atoms with Gasteiger partial charge in [0.25, 0.3) is 0 Å². The molecular formula is C14H23NO. The summed E-state index contributed by atoms with van der Waals surface area (Å²) >= 11 is 0. The number of hydrogen-bond donors (Lipinski definition) is 2. The summed E-state index contributed by atoms with van der Waals surface area (Å²) in [7, 11) is 2.03. The van der Waals surface area contributed by atoms with Gasteiger partial charge >= 0.3 is 0 Å². The predicted molar refractivity (Wildman–Crippen MR) is 68.7 cm³/mol. The normalized spacial score (nSPS) is 13.0. The highest BCUT2D eigenvalue weighted by Crippen LogP contribution is 2.14. The largest absolute Gasteiger partial charge is 0.508 e. The molecule has 2 N–H and O–H groups in total. The number of phenols is 1. The number of nitrogens with one attached hydrogen (secondary N) is 1. The van der Waals surface area contributed by atoms with Crippen molar-refractivity contribution in [1.82, 2.24) is 5.32 Å². The highest BCUT2D eigenvalue weighted by molar-refractivity contribution is 5.25. The summed E-state index contributed by atoms with van der Waals surface area (Å²) in [6.07, 6.45) is 3.48. The van der Waals surface area contributed by atoms with Crippen molar-refractivity contribution in [3.63, 3.8) is 0 Å². The van der Waals surface area contributed by atoms with E-state index in [4.69, 9.17) is 0 Å². The van der Waals surface area contributed by atoms with Gasteiger partial charge in [-0.1, -0.05) is 26.0 Å². The lowest BCUT2D eigenvalue weighted by atomic mass is 9.97. The summed E-state index contributed by atoms with van der Waals surface area (Å²) < 4.78 is 0. The topological polar surface area (TPSA) is 32.3 Å². The molecule has 0 aliphatic rings. The third kappa shape index (κ3) is 4.23. The Morgan fingerprint density at radius 1 is 1.19 bits per heavy atom. The second-order valence-corrected chi connectivity index (χ2v) is 4.70. The summed E-state index contributed by atoms with van der Waals surface area (Å²) in [5.41, 5.74) is 1.30. The third-order valence-corrected chi connectivity index (χ3v) is 3.09. The second-order valence-electron chi connectivity index (χ2n) is 4.70. The Kier molecular flexibility index (Phi) is 5.33. The van der Waals surface area contributed by atoms with Crippen molar-refractivity contribution in [2.24, 2.45) is 5.92 Å². The molecule has 2 nitrogen and oxygen atoms in total. The SMILES string of the molecule is CNC(CCCc1ccc(O)cc1)C(C)C. The van der Waals surface area contributed by atoms with Crippen molar-refractivity contribution in [1.29, 1.82) is 0 Å². The average molecular weight is 221 g/mol. The minimum absolute atomic E-state index is 0.346. The molecule has 0 radical (unpaired) electrons. The van der Waals surface area contributed by atoms with Crippen molar-refractivity contribution >= 4 is 0 Å². The molecule has 1 rings (SSSR count). The van der Waals surface area contributed by atoms with Crippen LogP contribution in [0, 0.1) is 5.92 Å². The lowest BCUT2D eigenvalue weighted by Crippen LogP contribution is -2.30. The van der Waals surface area contributed by atoms with Gasteiger partial charge in [-0.2, -0.15) is 0 Å². The van der Waals surface area contributed by atoms with E-state index in [2.05, 4.69) is 19.2 Å². The Morgan fingerprint density at radius 3 is 2.31 bits per heavy atom. The van der Waals surface area contributed by atoms with E-state index >= 15 is 0 Å². The van der Waals surface area contributed by atoms with Gasteiger partial charge in [-0.05, 0) is 49.9 Å². The van der Waals surface area contributed by atoms with Gasteiger partial charge < -0.3 is 10.4 Å². The molecule has 1 aromatic carbocycles. The number of rotatable bonds is 6. The summed E-state index contributed by atoms with van der Waals surface area (Å²) in [6.45, 7) is 4.50. The van der Waals surface area contributed by atoms with Gasteiger partial charge in [0.2, 0.25) is 0 Å². The molecule has 0 bridgehead atoms. The minimum Gasteiger partial charge on any atom is -0.508 e. The van der Waals surface area contributed by atoms with Gasteiger partial charge in [0.1, 0.15) is 5.75 Å². The van der Waals surface area contributed by atoms with Crippen molar-refractivity contribution in [3.05, 3.63) is 29.8 Å². The smallest absolute Gasteiger partial charge is 0.115 e. The molecule has 1 aromatic rings. The zero-order valence-corrected chi connectivity index (χ0v) is 10.5. The van der Waals surface area contributed by atoms with Gasteiger partial charge in [-0.25, -0.2) is 0 Å². The molecule has 16 heavy (non-hydrogen) atoms. The van der Waals surface area contributed by atoms with Crippen LogP contribution in [0.4, 0.5) is 0 Å². The first-order valence-electron chi connectivity index (χ1n) is 6.08. The maximum Gasteiger partial charge on any atom is 0.115 e. The Balaban J connectivity index is 2.32. The molecule has 0 saturated carbocycles. The Labute approximate surface area is 98.7 Å². The molecule has 0 aliphatic heterocycles. The lowest BCUT2D eigenvalue weighted by molar-refractivity contribution is 0.393. The van der Waals surface area contributed by atoms with Crippen molar-refractivity contribution < 1.29 is 5.11 Å². The lowest BCUT2D eigenvalue weighted by Gasteiger charge is -2.19. The van der Waals surface area contributed by atoms with Crippen molar-refractivity contribution in [2.75, 3.05) is 7.05 Å². The summed E-state index contributed by atoms with van der Waals surface area (Å²) in [6, 6.07) is 8.12. The standard InChI is InChI=1S/C14H23NO/c1-11(2)14(15-3)6-4-5-12-7-9-13(16)10-8-12/h7-11,14-16H,4-6H2,1-3H3. The number of aryl methyl sites for hydroxylation is 1. The van der Waals surface area contributed by atoms with E-state index in [9.17, 15) is 5.11 Å². The molecule has 0 heterocycles. The molecule has 1 unspecified atom stereocenters. The number of hydrogen-bond acceptors (Lipinski definition) is 2. The summed E-state index contributed by atoms with van der Waals surface area (Å²) in [4.78, 5) is 0. The quantitative estimate of drug-likeness (QED) is 0.774. The fraction of sp³-hybridized carbons (Fsp3) is 0.571. The minimum atomic E-state index is 0.346. The van der Waals surface area contributed by atoms with Gasteiger partial charge in [-0.15, -0.1) is 0 Å². The van der Waals surface area contributed by atoms with Crippen LogP contribution in [0.25, 0.3) is 0 Å². The summed E-state index contributed by atoms with van der Waals surface area (Å²) in [5.74, 6) is 1.03. The molecule has 1 atom stereocenters. The molecule has 0 spiro atoms. The predicted octanol–water partition coefficient (Wildman–Crippen LogP) is 2.96. The Morgan fingerprint density at radius 2 is 1.81 bits per heavy atom. The van der Waals surface area contributed by atoms with Gasteiger partial charge in [-0.3, -0.25) is 0 Å². The molecule has 0 fully saturated rings. The molecule has 90 valence electrons. The van der Waals surface area contributed by atoms with Crippen LogP contribution in [0.1, 0.15) is 32.3 Å². The van der Waals surface area contributed by atoms with E-state index in [1.165, 1.54) is 18.4 Å². The van der Waals surface area contributed by atoms with E-state index in [0.29, 0.717) is 17.7 Å². The zero-order valence-electron chi connectivity index (χ0n) is 10.5. The Hall–Kier alpha value is -1.02. The fourth-order valence-corrected chi connectivity index (χ4v) is 2.00. The maximum atomic E-state index is 9.17. The van der Waals surface area contributed by atoms with E-state index in [1.54, 1.807) is 12.1 Å². The highest BCUT2D eigenvalue weighted by atomic mass is 16.3. The first-order chi connectivity index (χ1) is 7.63. The first kappa shape index (κ1) is 13.0. The van der Waals surface area contributed by atoms with Crippen LogP contribution in [-0.4, -0.2) is 18.2 Å². The first-order valence-corrected chi connectivity index (χ1v) is 6.08. The number of benzene rings is 1. The van der Waals surface area contributed by atoms with Crippen LogP contribution in [0.2, 0.25) is 0 Å². The molecule has 0 amide bonds. The van der Waals surface area contributed by atoms with E-state index in [-0.39, 0.29) is 0 Å². The molecule has 0 aliphatic carbocycles. The van der Waals surface area contributed by atoms with Crippen LogP contribution in [-0.2, 0) is 6.42 Å². The Bertz CT molecular complexity index is 292. The molecule has 0 saturated heterocycles. The van der Waals surface area contributed by atoms with E-state index in [1.807, 2.05) is 19.2 Å². The zero-order chi connectivity index (χ0) is 12.0. The maximum absolute atomic E-state index is 9.17. The second kappa shape index (κ2) is 6.54. The average Bonchev–Trinajstić information content (AvgIpc) is 2.26. The van der Waals surface area contributed by atoms with E-state index in [0.717, 1.165) is 6.42 Å². The van der Waals surface area contributed by atoms with Crippen molar-refractivity contribution in [2.45, 2.75) is 39.2 Å². The van der Waals surface area contributed by atoms with Crippen LogP contribution >= 0.6 is 0 Å². The molecular weight excluding hydrogens is 198 g/mol. The van der Waals surface area contributed by atoms with Gasteiger partial charge in [0.15, 0.2) is 0 Å².